The number of β-amino-alcohol motifs (C(OH)–C–C–N with tert-alkyl or cyclic N) is 1. The lowest BCUT2D eigenvalue weighted by atomic mass is 9.83. The molecule has 0 spiro atoms. The molecule has 1 aliphatic rings. The van der Waals surface area contributed by atoms with E-state index in [1.807, 2.05) is 13.8 Å². The maximum atomic E-state index is 12.0. The van der Waals surface area contributed by atoms with Crippen LogP contribution in [-0.4, -0.2) is 39.5 Å². The lowest BCUT2D eigenvalue weighted by Gasteiger charge is -2.48. The van der Waals surface area contributed by atoms with Crippen molar-refractivity contribution in [3.05, 3.63) is 27.1 Å². The Labute approximate surface area is 108 Å². The van der Waals surface area contributed by atoms with Crippen molar-refractivity contribution in [3.63, 3.8) is 0 Å². The topological polar surface area (TPSA) is 83.7 Å². The number of amides is 1. The van der Waals surface area contributed by atoms with Gasteiger partial charge in [0, 0.05) is 6.07 Å². The minimum absolute atomic E-state index is 0.0435. The number of nitrogens with zero attached hydrogens (tertiary/aromatic N) is 2. The van der Waals surface area contributed by atoms with Crippen molar-refractivity contribution in [2.24, 2.45) is 5.92 Å². The van der Waals surface area contributed by atoms with E-state index in [0.29, 0.717) is 4.88 Å². The Morgan fingerprint density at radius 2 is 2.17 bits per heavy atom. The van der Waals surface area contributed by atoms with E-state index in [0.717, 1.165) is 11.3 Å². The summed E-state index contributed by atoms with van der Waals surface area (Å²) in [5, 5.41) is 20.5. The fraction of sp³-hybridized carbons (Fsp3) is 0.545. The van der Waals surface area contributed by atoms with Gasteiger partial charge < -0.3 is 10.0 Å². The first kappa shape index (κ1) is 13.0. The van der Waals surface area contributed by atoms with Crippen LogP contribution in [0.4, 0.5) is 5.00 Å². The summed E-state index contributed by atoms with van der Waals surface area (Å²) < 4.78 is 0. The molecule has 0 aromatic carbocycles. The Hall–Kier alpha value is -1.47. The number of thiophene rings is 1. The standard InChI is InChI=1S/C11H14N2O4S/c1-7(2)11(15)5-12(6-11)10(14)8-3-4-9(18-8)13(16)17/h3-4,7,15H,5-6H2,1-2H3. The van der Waals surface area contributed by atoms with E-state index in [9.17, 15) is 20.0 Å². The van der Waals surface area contributed by atoms with Gasteiger partial charge in [0.15, 0.2) is 0 Å². The molecule has 98 valence electrons. The minimum atomic E-state index is -0.821. The molecule has 0 radical (unpaired) electrons. The van der Waals surface area contributed by atoms with Gasteiger partial charge in [0.25, 0.3) is 5.91 Å². The van der Waals surface area contributed by atoms with Crippen molar-refractivity contribution < 1.29 is 14.8 Å². The largest absolute Gasteiger partial charge is 0.386 e. The molecular formula is C11H14N2O4S. The monoisotopic (exact) mass is 270 g/mol. The minimum Gasteiger partial charge on any atom is -0.386 e. The maximum Gasteiger partial charge on any atom is 0.324 e. The third-order valence-corrected chi connectivity index (χ3v) is 4.30. The number of rotatable bonds is 3. The molecule has 7 heteroatoms. The zero-order valence-corrected chi connectivity index (χ0v) is 10.9. The summed E-state index contributed by atoms with van der Waals surface area (Å²) in [6.45, 7) is 4.37. The van der Waals surface area contributed by atoms with Crippen molar-refractivity contribution in [1.29, 1.82) is 0 Å². The summed E-state index contributed by atoms with van der Waals surface area (Å²) in [5.74, 6) is -0.169. The van der Waals surface area contributed by atoms with Crippen LogP contribution in [0, 0.1) is 16.0 Å². The summed E-state index contributed by atoms with van der Waals surface area (Å²) in [7, 11) is 0. The van der Waals surface area contributed by atoms with E-state index in [4.69, 9.17) is 0 Å². The molecule has 2 rings (SSSR count). The molecule has 2 heterocycles. The lowest BCUT2D eigenvalue weighted by Crippen LogP contribution is -2.65. The first-order valence-electron chi connectivity index (χ1n) is 5.59. The van der Waals surface area contributed by atoms with E-state index < -0.39 is 10.5 Å². The molecule has 1 aliphatic heterocycles. The Morgan fingerprint density at radius 3 is 2.61 bits per heavy atom. The van der Waals surface area contributed by atoms with E-state index in [-0.39, 0.29) is 29.9 Å². The third kappa shape index (κ3) is 2.11. The van der Waals surface area contributed by atoms with Gasteiger partial charge in [-0.25, -0.2) is 0 Å². The normalized spacial score (nSPS) is 17.7. The maximum absolute atomic E-state index is 12.0. The lowest BCUT2D eigenvalue weighted by molar-refractivity contribution is -0.380. The molecule has 6 nitrogen and oxygen atoms in total. The van der Waals surface area contributed by atoms with Gasteiger partial charge in [0.1, 0.15) is 5.60 Å². The second-order valence-corrected chi connectivity index (χ2v) is 5.88. The summed E-state index contributed by atoms with van der Waals surface area (Å²) in [6, 6.07) is 2.78. The first-order chi connectivity index (χ1) is 8.33. The van der Waals surface area contributed by atoms with Gasteiger partial charge in [0.05, 0.1) is 22.9 Å². The molecule has 1 N–H and O–H groups in total. The molecule has 18 heavy (non-hydrogen) atoms. The Balaban J connectivity index is 2.04. The summed E-state index contributed by atoms with van der Waals surface area (Å²) in [4.78, 5) is 23.8. The van der Waals surface area contributed by atoms with Crippen LogP contribution in [0.5, 0.6) is 0 Å². The van der Waals surface area contributed by atoms with Crippen LogP contribution < -0.4 is 0 Å². The predicted octanol–water partition coefficient (Wildman–Crippen LogP) is 1.50. The van der Waals surface area contributed by atoms with Gasteiger partial charge in [-0.1, -0.05) is 25.2 Å². The molecule has 1 aromatic heterocycles. The second-order valence-electron chi connectivity index (χ2n) is 4.81. The Kier molecular flexibility index (Phi) is 3.12. The van der Waals surface area contributed by atoms with Crippen LogP contribution in [0.15, 0.2) is 12.1 Å². The van der Waals surface area contributed by atoms with Crippen molar-refractivity contribution in [3.8, 4) is 0 Å². The molecule has 1 amide bonds. The smallest absolute Gasteiger partial charge is 0.324 e. The van der Waals surface area contributed by atoms with Crippen LogP contribution in [0.25, 0.3) is 0 Å². The van der Waals surface area contributed by atoms with E-state index in [1.165, 1.54) is 17.0 Å². The first-order valence-corrected chi connectivity index (χ1v) is 6.41. The SMILES string of the molecule is CC(C)C1(O)CN(C(=O)c2ccc([N+](=O)[O-])s2)C1. The van der Waals surface area contributed by atoms with Crippen LogP contribution in [0.3, 0.4) is 0 Å². The number of hydrogen-bond acceptors (Lipinski definition) is 5. The van der Waals surface area contributed by atoms with Gasteiger partial charge >= 0.3 is 5.00 Å². The quantitative estimate of drug-likeness (QED) is 0.666. The van der Waals surface area contributed by atoms with Crippen molar-refractivity contribution >= 4 is 22.2 Å². The van der Waals surface area contributed by atoms with Gasteiger partial charge in [-0.05, 0) is 12.0 Å². The average molecular weight is 270 g/mol. The second kappa shape index (κ2) is 4.33. The molecule has 0 unspecified atom stereocenters. The fourth-order valence-corrected chi connectivity index (χ4v) is 2.61. The highest BCUT2D eigenvalue weighted by atomic mass is 32.1. The van der Waals surface area contributed by atoms with Crippen LogP contribution in [0.2, 0.25) is 0 Å². The van der Waals surface area contributed by atoms with Crippen LogP contribution in [-0.2, 0) is 0 Å². The van der Waals surface area contributed by atoms with E-state index in [1.54, 1.807) is 0 Å². The molecule has 1 fully saturated rings. The highest BCUT2D eigenvalue weighted by Crippen LogP contribution is 2.32. The van der Waals surface area contributed by atoms with Crippen molar-refractivity contribution in [2.75, 3.05) is 13.1 Å². The number of carbonyl (C=O) groups is 1. The number of carbonyl (C=O) groups excluding carboxylic acids is 1. The molecule has 1 saturated heterocycles. The molecule has 1 aromatic rings. The molecule has 0 saturated carbocycles. The van der Waals surface area contributed by atoms with Gasteiger partial charge in [-0.2, -0.15) is 0 Å². The third-order valence-electron chi connectivity index (χ3n) is 3.27. The van der Waals surface area contributed by atoms with Crippen molar-refractivity contribution in [1.82, 2.24) is 4.90 Å². The highest BCUT2D eigenvalue weighted by molar-refractivity contribution is 7.17. The molecule has 0 aliphatic carbocycles. The molecule has 0 atom stereocenters. The highest BCUT2D eigenvalue weighted by Gasteiger charge is 2.46. The van der Waals surface area contributed by atoms with Crippen LogP contribution in [0.1, 0.15) is 23.5 Å². The average Bonchev–Trinajstić information content (AvgIpc) is 2.72. The fourth-order valence-electron chi connectivity index (χ4n) is 1.82. The zero-order chi connectivity index (χ0) is 13.5. The predicted molar refractivity (Wildman–Crippen MR) is 66.7 cm³/mol. The Morgan fingerprint density at radius 1 is 1.56 bits per heavy atom. The number of hydrogen-bond donors (Lipinski definition) is 1. The van der Waals surface area contributed by atoms with Gasteiger partial charge in [-0.15, -0.1) is 0 Å². The molecular weight excluding hydrogens is 256 g/mol. The number of nitro groups is 1. The van der Waals surface area contributed by atoms with Crippen molar-refractivity contribution in [2.45, 2.75) is 19.4 Å². The summed E-state index contributed by atoms with van der Waals surface area (Å²) >= 11 is 0.863. The molecule has 0 bridgehead atoms. The van der Waals surface area contributed by atoms with E-state index in [2.05, 4.69) is 0 Å². The van der Waals surface area contributed by atoms with E-state index >= 15 is 0 Å². The van der Waals surface area contributed by atoms with Gasteiger partial charge in [-0.3, -0.25) is 14.9 Å². The summed E-state index contributed by atoms with van der Waals surface area (Å²) in [6.07, 6.45) is 0. The number of aliphatic hydroxyl groups is 1. The van der Waals surface area contributed by atoms with Crippen LogP contribution >= 0.6 is 11.3 Å². The Bertz CT molecular complexity index is 491. The van der Waals surface area contributed by atoms with Gasteiger partial charge in [0.2, 0.25) is 0 Å². The summed E-state index contributed by atoms with van der Waals surface area (Å²) in [5.41, 5.74) is -0.821. The number of likely N-dealkylation sites (tertiary alicyclic amines) is 1. The zero-order valence-electron chi connectivity index (χ0n) is 10.1.